The molecule has 1 aliphatic carbocycles. The molecule has 0 aliphatic heterocycles. The number of para-hydroxylation sites is 1. The van der Waals surface area contributed by atoms with Crippen LogP contribution in [0.3, 0.4) is 0 Å². The molecule has 0 unspecified atom stereocenters. The lowest BCUT2D eigenvalue weighted by molar-refractivity contribution is -0.112. The monoisotopic (exact) mass is 327 g/mol. The summed E-state index contributed by atoms with van der Waals surface area (Å²) in [4.78, 5) is 16.6. The molecule has 2 rings (SSSR count). The fourth-order valence-corrected chi connectivity index (χ4v) is 2.75. The highest BCUT2D eigenvalue weighted by molar-refractivity contribution is 6.26. The maximum absolute atomic E-state index is 11.9. The Morgan fingerprint density at radius 3 is 1.71 bits per heavy atom. The van der Waals surface area contributed by atoms with E-state index in [0.29, 0.717) is 0 Å². The maximum Gasteiger partial charge on any atom is 0.228 e. The lowest BCUT2D eigenvalue weighted by Crippen LogP contribution is -2.37. The molecular formula is C18H25N5O. The van der Waals surface area contributed by atoms with Crippen LogP contribution in [-0.2, 0) is 17.6 Å². The number of aryl methyl sites for hydroxylation is 2. The normalized spacial score (nSPS) is 15.2. The zero-order valence-corrected chi connectivity index (χ0v) is 14.2. The summed E-state index contributed by atoms with van der Waals surface area (Å²) in [7, 11) is 0. The Morgan fingerprint density at radius 1 is 0.833 bits per heavy atom. The van der Waals surface area contributed by atoms with Gasteiger partial charge in [0.1, 0.15) is 17.1 Å². The van der Waals surface area contributed by atoms with Crippen LogP contribution in [0.5, 0.6) is 0 Å². The van der Waals surface area contributed by atoms with E-state index in [1.54, 1.807) is 0 Å². The molecule has 8 N–H and O–H groups in total. The molecule has 0 spiro atoms. The number of Topliss-reactive ketones (excluding diaryl/α,β-unsaturated/α-hetero) is 1. The van der Waals surface area contributed by atoms with Crippen molar-refractivity contribution in [2.75, 3.05) is 0 Å². The molecule has 0 aromatic heterocycles. The Morgan fingerprint density at radius 2 is 1.29 bits per heavy atom. The number of nitrogens with zero attached hydrogens (tertiary/aromatic N) is 1. The molecule has 0 heterocycles. The van der Waals surface area contributed by atoms with Gasteiger partial charge in [-0.1, -0.05) is 44.9 Å². The van der Waals surface area contributed by atoms with Crippen LogP contribution in [0, 0.1) is 0 Å². The van der Waals surface area contributed by atoms with Gasteiger partial charge in [-0.3, -0.25) is 4.79 Å². The van der Waals surface area contributed by atoms with E-state index in [-0.39, 0.29) is 28.5 Å². The maximum atomic E-state index is 11.9. The smallest absolute Gasteiger partial charge is 0.228 e. The minimum atomic E-state index is -0.542. The molecule has 0 saturated carbocycles. The first kappa shape index (κ1) is 17.6. The Kier molecular flexibility index (Phi) is 5.28. The Hall–Kier alpha value is -2.76. The summed E-state index contributed by atoms with van der Waals surface area (Å²) in [5, 5.41) is 0. The van der Waals surface area contributed by atoms with Crippen molar-refractivity contribution >= 4 is 17.2 Å². The average Bonchev–Trinajstić information content (AvgIpc) is 2.57. The molecule has 128 valence electrons. The van der Waals surface area contributed by atoms with Crippen LogP contribution in [0.15, 0.2) is 46.0 Å². The van der Waals surface area contributed by atoms with Gasteiger partial charge in [0, 0.05) is 0 Å². The summed E-state index contributed by atoms with van der Waals surface area (Å²) in [6.45, 7) is 4.22. The van der Waals surface area contributed by atoms with Gasteiger partial charge in [0.15, 0.2) is 0 Å². The van der Waals surface area contributed by atoms with Crippen LogP contribution in [0.2, 0.25) is 0 Å². The summed E-state index contributed by atoms with van der Waals surface area (Å²) in [5.74, 6) is -0.542. The van der Waals surface area contributed by atoms with Gasteiger partial charge in [0.05, 0.1) is 17.1 Å². The summed E-state index contributed by atoms with van der Waals surface area (Å²) >= 11 is 0. The van der Waals surface area contributed by atoms with Gasteiger partial charge in [0.2, 0.25) is 5.78 Å². The van der Waals surface area contributed by atoms with Gasteiger partial charge in [-0.25, -0.2) is 4.99 Å². The SMILES string of the molecule is CCCc1cccc(CCC)c1N=C1C(N)=C(N)C(=O)C(N)=C1N. The Bertz CT molecular complexity index is 704. The summed E-state index contributed by atoms with van der Waals surface area (Å²) in [5.41, 5.74) is 26.8. The molecule has 1 aromatic rings. The van der Waals surface area contributed by atoms with E-state index < -0.39 is 5.78 Å². The van der Waals surface area contributed by atoms with Crippen LogP contribution in [-0.4, -0.2) is 11.5 Å². The predicted octanol–water partition coefficient (Wildman–Crippen LogP) is 1.50. The lowest BCUT2D eigenvalue weighted by atomic mass is 9.97. The molecule has 24 heavy (non-hydrogen) atoms. The predicted molar refractivity (Wildman–Crippen MR) is 97.3 cm³/mol. The van der Waals surface area contributed by atoms with Crippen LogP contribution in [0.4, 0.5) is 5.69 Å². The number of aliphatic imine (C=N–C) groups is 1. The van der Waals surface area contributed by atoms with Gasteiger partial charge in [-0.15, -0.1) is 0 Å². The van der Waals surface area contributed by atoms with Crippen molar-refractivity contribution < 1.29 is 4.79 Å². The zero-order chi connectivity index (χ0) is 17.9. The molecule has 0 atom stereocenters. The van der Waals surface area contributed by atoms with E-state index in [1.807, 2.05) is 18.2 Å². The van der Waals surface area contributed by atoms with Crippen LogP contribution < -0.4 is 22.9 Å². The van der Waals surface area contributed by atoms with E-state index in [0.717, 1.165) is 42.5 Å². The van der Waals surface area contributed by atoms with Crippen molar-refractivity contribution in [1.29, 1.82) is 0 Å². The number of carbonyl (C=O) groups excluding carboxylic acids is 1. The van der Waals surface area contributed by atoms with Crippen molar-refractivity contribution in [1.82, 2.24) is 0 Å². The van der Waals surface area contributed by atoms with Gasteiger partial charge >= 0.3 is 0 Å². The molecule has 6 nitrogen and oxygen atoms in total. The summed E-state index contributed by atoms with van der Waals surface area (Å²) in [6.07, 6.45) is 3.77. The van der Waals surface area contributed by atoms with E-state index in [4.69, 9.17) is 27.9 Å². The molecule has 0 fully saturated rings. The van der Waals surface area contributed by atoms with E-state index in [9.17, 15) is 4.79 Å². The second kappa shape index (κ2) is 7.21. The van der Waals surface area contributed by atoms with Crippen LogP contribution in [0.25, 0.3) is 0 Å². The minimum Gasteiger partial charge on any atom is -0.395 e. The number of carbonyl (C=O) groups is 1. The van der Waals surface area contributed by atoms with Crippen LogP contribution in [0.1, 0.15) is 37.8 Å². The van der Waals surface area contributed by atoms with E-state index in [1.165, 1.54) is 0 Å². The van der Waals surface area contributed by atoms with Gasteiger partial charge in [-0.2, -0.15) is 0 Å². The molecule has 1 aromatic carbocycles. The van der Waals surface area contributed by atoms with Crippen LogP contribution >= 0.6 is 0 Å². The third-order valence-corrected chi connectivity index (χ3v) is 4.05. The average molecular weight is 327 g/mol. The number of hydrogen-bond acceptors (Lipinski definition) is 6. The molecule has 0 saturated heterocycles. The van der Waals surface area contributed by atoms with Gasteiger partial charge in [-0.05, 0) is 24.0 Å². The van der Waals surface area contributed by atoms with E-state index in [2.05, 4.69) is 13.8 Å². The van der Waals surface area contributed by atoms with E-state index >= 15 is 0 Å². The van der Waals surface area contributed by atoms with Gasteiger partial charge in [0.25, 0.3) is 0 Å². The first-order valence-electron chi connectivity index (χ1n) is 8.17. The second-order valence-corrected chi connectivity index (χ2v) is 5.87. The van der Waals surface area contributed by atoms with Crippen molar-refractivity contribution in [3.05, 3.63) is 52.1 Å². The fraction of sp³-hybridized carbons (Fsp3) is 0.333. The standard InChI is InChI=1S/C18H25N5O/c1-3-6-10-8-5-9-11(7-4-2)16(10)23-17-12(19)14(21)18(24)15(22)13(17)20/h5,8-9H,3-4,6-7,19-22H2,1-2H3. The quantitative estimate of drug-likeness (QED) is 0.608. The number of benzene rings is 1. The lowest BCUT2D eigenvalue weighted by Gasteiger charge is -2.19. The van der Waals surface area contributed by atoms with Crippen molar-refractivity contribution in [2.45, 2.75) is 39.5 Å². The Labute approximate surface area is 142 Å². The highest BCUT2D eigenvalue weighted by atomic mass is 16.1. The molecule has 0 amide bonds. The molecule has 6 heteroatoms. The minimum absolute atomic E-state index is 0.0838. The number of nitrogens with two attached hydrogens (primary N) is 4. The molecule has 0 radical (unpaired) electrons. The highest BCUT2D eigenvalue weighted by Gasteiger charge is 2.27. The number of ketones is 1. The summed E-state index contributed by atoms with van der Waals surface area (Å²) in [6, 6.07) is 6.12. The second-order valence-electron chi connectivity index (χ2n) is 5.87. The fourth-order valence-electron chi connectivity index (χ4n) is 2.75. The molecule has 0 bridgehead atoms. The highest BCUT2D eigenvalue weighted by Crippen LogP contribution is 2.29. The Balaban J connectivity index is 2.67. The summed E-state index contributed by atoms with van der Waals surface area (Å²) < 4.78 is 0. The third-order valence-electron chi connectivity index (χ3n) is 4.05. The van der Waals surface area contributed by atoms with Crippen molar-refractivity contribution in [3.8, 4) is 0 Å². The molecular weight excluding hydrogens is 302 g/mol. The third kappa shape index (κ3) is 3.13. The molecule has 1 aliphatic rings. The number of hydrogen-bond donors (Lipinski definition) is 4. The first-order valence-corrected chi connectivity index (χ1v) is 8.17. The topological polar surface area (TPSA) is 134 Å². The van der Waals surface area contributed by atoms with Crippen molar-refractivity contribution in [3.63, 3.8) is 0 Å². The van der Waals surface area contributed by atoms with Crippen molar-refractivity contribution in [2.24, 2.45) is 27.9 Å². The largest absolute Gasteiger partial charge is 0.395 e. The first-order chi connectivity index (χ1) is 11.4. The zero-order valence-electron chi connectivity index (χ0n) is 14.2. The van der Waals surface area contributed by atoms with Gasteiger partial charge < -0.3 is 22.9 Å². The number of rotatable bonds is 5.